The highest BCUT2D eigenvalue weighted by Gasteiger charge is 2.13. The van der Waals surface area contributed by atoms with E-state index in [1.165, 1.54) is 12.3 Å². The van der Waals surface area contributed by atoms with Gasteiger partial charge in [0, 0.05) is 18.3 Å². The van der Waals surface area contributed by atoms with E-state index >= 15 is 0 Å². The lowest BCUT2D eigenvalue weighted by Crippen LogP contribution is -2.24. The summed E-state index contributed by atoms with van der Waals surface area (Å²) >= 11 is 6.05. The Labute approximate surface area is 156 Å². The fraction of sp³-hybridized carbons (Fsp3) is 0.0500. The van der Waals surface area contributed by atoms with E-state index in [1.54, 1.807) is 30.3 Å². The van der Waals surface area contributed by atoms with Crippen molar-refractivity contribution < 1.29 is 9.59 Å². The Balaban J connectivity index is 1.68. The van der Waals surface area contributed by atoms with Crippen LogP contribution in [0.1, 0.15) is 26.4 Å². The molecule has 0 unspecified atom stereocenters. The van der Waals surface area contributed by atoms with Crippen molar-refractivity contribution in [3.8, 4) is 0 Å². The number of hydrogen-bond donors (Lipinski definition) is 2. The molecule has 0 saturated heterocycles. The monoisotopic (exact) mass is 365 g/mol. The molecule has 2 N–H and O–H groups in total. The first kappa shape index (κ1) is 17.6. The van der Waals surface area contributed by atoms with Gasteiger partial charge in [-0.15, -0.1) is 0 Å². The zero-order chi connectivity index (χ0) is 18.4. The van der Waals surface area contributed by atoms with E-state index in [0.29, 0.717) is 22.8 Å². The second-order valence-corrected chi connectivity index (χ2v) is 5.94. The lowest BCUT2D eigenvalue weighted by molar-refractivity contribution is 0.0946. The number of anilines is 1. The molecule has 0 aliphatic heterocycles. The fourth-order valence-corrected chi connectivity index (χ4v) is 2.50. The number of aromatic nitrogens is 1. The number of para-hydroxylation sites is 1. The summed E-state index contributed by atoms with van der Waals surface area (Å²) in [6.45, 7) is 0.386. The van der Waals surface area contributed by atoms with Gasteiger partial charge in [-0.05, 0) is 29.8 Å². The predicted octanol–water partition coefficient (Wildman–Crippen LogP) is 3.92. The number of nitrogens with zero attached hydrogens (tertiary/aromatic N) is 1. The third-order valence-corrected chi connectivity index (χ3v) is 4.00. The van der Waals surface area contributed by atoms with Gasteiger partial charge in [0.05, 0.1) is 10.7 Å². The zero-order valence-electron chi connectivity index (χ0n) is 13.8. The van der Waals surface area contributed by atoms with Crippen molar-refractivity contribution >= 4 is 29.1 Å². The van der Waals surface area contributed by atoms with Crippen molar-refractivity contribution in [2.45, 2.75) is 6.54 Å². The summed E-state index contributed by atoms with van der Waals surface area (Å²) in [5, 5.41) is 5.95. The number of pyridine rings is 1. The summed E-state index contributed by atoms with van der Waals surface area (Å²) in [5.74, 6) is -0.709. The molecule has 0 saturated carbocycles. The van der Waals surface area contributed by atoms with E-state index in [0.717, 1.165) is 5.56 Å². The highest BCUT2D eigenvalue weighted by Crippen LogP contribution is 2.21. The van der Waals surface area contributed by atoms with Gasteiger partial charge in [0.1, 0.15) is 5.69 Å². The third-order valence-electron chi connectivity index (χ3n) is 3.67. The molecule has 130 valence electrons. The van der Waals surface area contributed by atoms with Crippen molar-refractivity contribution in [3.05, 3.63) is 94.8 Å². The van der Waals surface area contributed by atoms with Crippen LogP contribution in [0.5, 0.6) is 0 Å². The third kappa shape index (κ3) is 4.46. The molecular formula is C20H16ClN3O2. The van der Waals surface area contributed by atoms with Crippen LogP contribution in [0, 0.1) is 0 Å². The summed E-state index contributed by atoms with van der Waals surface area (Å²) in [7, 11) is 0. The second kappa shape index (κ2) is 8.27. The molecule has 6 heteroatoms. The molecule has 2 aromatic carbocycles. The fourth-order valence-electron chi connectivity index (χ4n) is 2.32. The summed E-state index contributed by atoms with van der Waals surface area (Å²) in [5.41, 5.74) is 1.98. The quantitative estimate of drug-likeness (QED) is 0.720. The van der Waals surface area contributed by atoms with Crippen molar-refractivity contribution in [2.24, 2.45) is 0 Å². The van der Waals surface area contributed by atoms with Gasteiger partial charge in [0.25, 0.3) is 11.8 Å². The van der Waals surface area contributed by atoms with E-state index in [4.69, 9.17) is 11.6 Å². The number of carbonyl (C=O) groups excluding carboxylic acids is 2. The highest BCUT2D eigenvalue weighted by molar-refractivity contribution is 6.33. The minimum absolute atomic E-state index is 0.174. The molecule has 3 aromatic rings. The van der Waals surface area contributed by atoms with Crippen LogP contribution in [0.25, 0.3) is 0 Å². The van der Waals surface area contributed by atoms with E-state index in [2.05, 4.69) is 15.6 Å². The Bertz CT molecular complexity index is 929. The molecule has 5 nitrogen and oxygen atoms in total. The van der Waals surface area contributed by atoms with Crippen molar-refractivity contribution in [2.75, 3.05) is 5.32 Å². The van der Waals surface area contributed by atoms with Crippen LogP contribution >= 0.6 is 11.6 Å². The maximum absolute atomic E-state index is 12.4. The molecule has 26 heavy (non-hydrogen) atoms. The van der Waals surface area contributed by atoms with Crippen molar-refractivity contribution in [1.82, 2.24) is 10.3 Å². The molecule has 0 bridgehead atoms. The minimum Gasteiger partial charge on any atom is -0.347 e. The number of nitrogens with one attached hydrogen (secondary N) is 2. The Kier molecular flexibility index (Phi) is 5.61. The van der Waals surface area contributed by atoms with Crippen molar-refractivity contribution in [1.29, 1.82) is 0 Å². The Hall–Kier alpha value is -3.18. The van der Waals surface area contributed by atoms with Gasteiger partial charge in [0.2, 0.25) is 0 Å². The molecular weight excluding hydrogens is 350 g/mol. The number of carbonyl (C=O) groups is 2. The lowest BCUT2D eigenvalue weighted by atomic mass is 10.2. The molecule has 0 atom stereocenters. The van der Waals surface area contributed by atoms with Crippen LogP contribution in [0.2, 0.25) is 5.02 Å². The van der Waals surface area contributed by atoms with Crippen molar-refractivity contribution in [3.63, 3.8) is 0 Å². The van der Waals surface area contributed by atoms with Crippen LogP contribution in [-0.4, -0.2) is 16.8 Å². The highest BCUT2D eigenvalue weighted by atomic mass is 35.5. The SMILES string of the molecule is O=C(Nc1ccccc1Cl)c1ccnc(C(=O)NCc2ccccc2)c1. The maximum atomic E-state index is 12.4. The van der Waals surface area contributed by atoms with Crippen LogP contribution in [0.3, 0.4) is 0 Å². The Morgan fingerprint density at radius 3 is 2.42 bits per heavy atom. The normalized spacial score (nSPS) is 10.2. The topological polar surface area (TPSA) is 71.1 Å². The molecule has 0 radical (unpaired) electrons. The summed E-state index contributed by atoms with van der Waals surface area (Å²) in [4.78, 5) is 28.7. The average Bonchev–Trinajstić information content (AvgIpc) is 2.69. The van der Waals surface area contributed by atoms with Gasteiger partial charge in [0.15, 0.2) is 0 Å². The summed E-state index contributed by atoms with van der Waals surface area (Å²) in [6, 6.07) is 19.5. The maximum Gasteiger partial charge on any atom is 0.270 e. The number of hydrogen-bond acceptors (Lipinski definition) is 3. The van der Waals surface area contributed by atoms with Gasteiger partial charge >= 0.3 is 0 Å². The standard InChI is InChI=1S/C20H16ClN3O2/c21-16-8-4-5-9-17(16)24-19(25)15-10-11-22-18(12-15)20(26)23-13-14-6-2-1-3-7-14/h1-12H,13H2,(H,23,26)(H,24,25). The molecule has 3 rings (SSSR count). The van der Waals surface area contributed by atoms with E-state index in [1.807, 2.05) is 30.3 Å². The summed E-state index contributed by atoms with van der Waals surface area (Å²) in [6.07, 6.45) is 1.43. The van der Waals surface area contributed by atoms with Crippen LogP contribution in [0.4, 0.5) is 5.69 Å². The molecule has 0 spiro atoms. The van der Waals surface area contributed by atoms with Gasteiger partial charge in [-0.3, -0.25) is 14.6 Å². The minimum atomic E-state index is -0.363. The molecule has 2 amide bonds. The van der Waals surface area contributed by atoms with E-state index in [-0.39, 0.29) is 17.5 Å². The molecule has 1 aromatic heterocycles. The largest absolute Gasteiger partial charge is 0.347 e. The van der Waals surface area contributed by atoms with E-state index < -0.39 is 0 Å². The first-order valence-electron chi connectivity index (χ1n) is 7.97. The second-order valence-electron chi connectivity index (χ2n) is 5.53. The number of amides is 2. The van der Waals surface area contributed by atoms with Crippen LogP contribution in [-0.2, 0) is 6.54 Å². The molecule has 0 fully saturated rings. The van der Waals surface area contributed by atoms with Gasteiger partial charge in [-0.1, -0.05) is 54.1 Å². The Morgan fingerprint density at radius 2 is 1.65 bits per heavy atom. The number of halogens is 1. The van der Waals surface area contributed by atoms with Gasteiger partial charge in [-0.2, -0.15) is 0 Å². The molecule has 1 heterocycles. The molecule has 0 aliphatic rings. The van der Waals surface area contributed by atoms with E-state index in [9.17, 15) is 9.59 Å². The lowest BCUT2D eigenvalue weighted by Gasteiger charge is -2.08. The first-order valence-corrected chi connectivity index (χ1v) is 8.35. The number of benzene rings is 2. The molecule has 0 aliphatic carbocycles. The van der Waals surface area contributed by atoms with Crippen LogP contribution < -0.4 is 10.6 Å². The zero-order valence-corrected chi connectivity index (χ0v) is 14.5. The van der Waals surface area contributed by atoms with Gasteiger partial charge < -0.3 is 10.6 Å². The average molecular weight is 366 g/mol. The number of rotatable bonds is 5. The summed E-state index contributed by atoms with van der Waals surface area (Å²) < 4.78 is 0. The van der Waals surface area contributed by atoms with Crippen LogP contribution in [0.15, 0.2) is 72.9 Å². The first-order chi connectivity index (χ1) is 12.6. The Morgan fingerprint density at radius 1 is 0.923 bits per heavy atom. The van der Waals surface area contributed by atoms with Gasteiger partial charge in [-0.25, -0.2) is 0 Å². The predicted molar refractivity (Wildman–Crippen MR) is 101 cm³/mol. The smallest absolute Gasteiger partial charge is 0.270 e.